The number of aryl methyl sites for hydroxylation is 1. The molecule has 0 fully saturated rings. The first kappa shape index (κ1) is 24.1. The SMILES string of the molecule is CCNC(=NCc1ccc(C)c(F)c1)NCCS(=O)(=O)C(C)(C)C.I. The molecule has 0 aliphatic heterocycles. The molecule has 0 saturated heterocycles. The number of hydrogen-bond donors (Lipinski definition) is 2. The van der Waals surface area contributed by atoms with Gasteiger partial charge in [0.15, 0.2) is 15.8 Å². The lowest BCUT2D eigenvalue weighted by atomic mass is 10.1. The molecule has 0 heterocycles. The lowest BCUT2D eigenvalue weighted by molar-refractivity contribution is 0.559. The van der Waals surface area contributed by atoms with Crippen molar-refractivity contribution in [1.82, 2.24) is 10.6 Å². The van der Waals surface area contributed by atoms with Crippen LogP contribution in [0.25, 0.3) is 0 Å². The van der Waals surface area contributed by atoms with Crippen molar-refractivity contribution in [2.45, 2.75) is 45.9 Å². The molecule has 2 N–H and O–H groups in total. The topological polar surface area (TPSA) is 70.6 Å². The molecule has 0 aliphatic rings. The highest BCUT2D eigenvalue weighted by Crippen LogP contribution is 2.15. The van der Waals surface area contributed by atoms with E-state index in [0.717, 1.165) is 5.56 Å². The van der Waals surface area contributed by atoms with E-state index in [1.54, 1.807) is 33.8 Å². The summed E-state index contributed by atoms with van der Waals surface area (Å²) in [7, 11) is -3.18. The van der Waals surface area contributed by atoms with Gasteiger partial charge in [-0.15, -0.1) is 24.0 Å². The second-order valence-corrected chi connectivity index (χ2v) is 9.50. The zero-order chi connectivity index (χ0) is 18.4. The van der Waals surface area contributed by atoms with Crippen molar-refractivity contribution in [3.8, 4) is 0 Å². The van der Waals surface area contributed by atoms with Gasteiger partial charge in [0.2, 0.25) is 0 Å². The number of hydrogen-bond acceptors (Lipinski definition) is 3. The van der Waals surface area contributed by atoms with Crippen LogP contribution in [0.4, 0.5) is 4.39 Å². The third kappa shape index (κ3) is 7.89. The monoisotopic (exact) mass is 485 g/mol. The summed E-state index contributed by atoms with van der Waals surface area (Å²) in [6.07, 6.45) is 0. The van der Waals surface area contributed by atoms with E-state index in [1.165, 1.54) is 6.07 Å². The highest BCUT2D eigenvalue weighted by Gasteiger charge is 2.28. The van der Waals surface area contributed by atoms with E-state index < -0.39 is 14.6 Å². The number of nitrogens with zero attached hydrogens (tertiary/aromatic N) is 1. The second-order valence-electron chi connectivity index (χ2n) is 6.64. The molecular weight excluding hydrogens is 456 g/mol. The summed E-state index contributed by atoms with van der Waals surface area (Å²) >= 11 is 0. The number of aliphatic imine (C=N–C) groups is 1. The van der Waals surface area contributed by atoms with Gasteiger partial charge < -0.3 is 10.6 Å². The molecule has 5 nitrogen and oxygen atoms in total. The number of sulfone groups is 1. The van der Waals surface area contributed by atoms with Crippen LogP contribution in [0.2, 0.25) is 0 Å². The van der Waals surface area contributed by atoms with Crippen LogP contribution in [-0.2, 0) is 16.4 Å². The van der Waals surface area contributed by atoms with Gasteiger partial charge in [-0.3, -0.25) is 0 Å². The lowest BCUT2D eigenvalue weighted by Gasteiger charge is -2.19. The van der Waals surface area contributed by atoms with Crippen molar-refractivity contribution in [1.29, 1.82) is 0 Å². The van der Waals surface area contributed by atoms with E-state index in [1.807, 2.05) is 13.0 Å². The fourth-order valence-electron chi connectivity index (χ4n) is 1.86. The predicted molar refractivity (Wildman–Crippen MR) is 113 cm³/mol. The van der Waals surface area contributed by atoms with Crippen molar-refractivity contribution in [3.63, 3.8) is 0 Å². The van der Waals surface area contributed by atoms with Crippen LogP contribution in [0, 0.1) is 12.7 Å². The van der Waals surface area contributed by atoms with Crippen molar-refractivity contribution in [2.75, 3.05) is 18.8 Å². The zero-order valence-corrected chi connectivity index (χ0v) is 18.7. The first-order chi connectivity index (χ1) is 11.1. The Morgan fingerprint density at radius 1 is 1.24 bits per heavy atom. The van der Waals surface area contributed by atoms with E-state index in [0.29, 0.717) is 24.6 Å². The fraction of sp³-hybridized carbons (Fsp3) is 0.588. The molecule has 0 radical (unpaired) electrons. The van der Waals surface area contributed by atoms with Crippen LogP contribution < -0.4 is 10.6 Å². The van der Waals surface area contributed by atoms with Gasteiger partial charge in [-0.05, 0) is 51.8 Å². The van der Waals surface area contributed by atoms with Crippen LogP contribution in [0.3, 0.4) is 0 Å². The molecule has 0 bridgehead atoms. The Hall–Kier alpha value is -0.900. The molecule has 0 aliphatic carbocycles. The molecule has 144 valence electrons. The van der Waals surface area contributed by atoms with Crippen LogP contribution in [0.1, 0.15) is 38.8 Å². The minimum atomic E-state index is -3.18. The summed E-state index contributed by atoms with van der Waals surface area (Å²) in [5.74, 6) is 0.291. The van der Waals surface area contributed by atoms with E-state index in [4.69, 9.17) is 0 Å². The number of rotatable bonds is 6. The average molecular weight is 485 g/mol. The summed E-state index contributed by atoms with van der Waals surface area (Å²) in [6.45, 7) is 9.94. The summed E-state index contributed by atoms with van der Waals surface area (Å²) in [6, 6.07) is 5.01. The Labute approximate surface area is 167 Å². The second kappa shape index (κ2) is 10.3. The zero-order valence-electron chi connectivity index (χ0n) is 15.5. The summed E-state index contributed by atoms with van der Waals surface area (Å²) in [5.41, 5.74) is 1.36. The Balaban J connectivity index is 0.00000576. The third-order valence-corrected chi connectivity index (χ3v) is 6.20. The maximum absolute atomic E-state index is 13.6. The Morgan fingerprint density at radius 2 is 1.88 bits per heavy atom. The normalized spacial score (nSPS) is 12.5. The van der Waals surface area contributed by atoms with Crippen LogP contribution in [-0.4, -0.2) is 38.0 Å². The Bertz CT molecular complexity index is 686. The molecule has 1 rings (SSSR count). The van der Waals surface area contributed by atoms with Crippen molar-refractivity contribution < 1.29 is 12.8 Å². The van der Waals surface area contributed by atoms with E-state index in [2.05, 4.69) is 15.6 Å². The summed E-state index contributed by atoms with van der Waals surface area (Å²) in [4.78, 5) is 4.37. The van der Waals surface area contributed by atoms with Gasteiger partial charge in [0.25, 0.3) is 0 Å². The van der Waals surface area contributed by atoms with Gasteiger partial charge in [-0.25, -0.2) is 17.8 Å². The number of halogens is 2. The molecule has 0 saturated carbocycles. The minimum absolute atomic E-state index is 0. The highest BCUT2D eigenvalue weighted by atomic mass is 127. The van der Waals surface area contributed by atoms with Crippen LogP contribution >= 0.6 is 24.0 Å². The number of benzene rings is 1. The van der Waals surface area contributed by atoms with Crippen molar-refractivity contribution >= 4 is 39.8 Å². The number of nitrogens with one attached hydrogen (secondary N) is 2. The first-order valence-electron chi connectivity index (χ1n) is 8.06. The predicted octanol–water partition coefficient (Wildman–Crippen LogP) is 3.02. The van der Waals surface area contributed by atoms with Crippen molar-refractivity contribution in [3.05, 3.63) is 35.1 Å². The van der Waals surface area contributed by atoms with Gasteiger partial charge in [-0.1, -0.05) is 12.1 Å². The molecule has 8 heteroatoms. The van der Waals surface area contributed by atoms with E-state index in [9.17, 15) is 12.8 Å². The maximum Gasteiger partial charge on any atom is 0.191 e. The largest absolute Gasteiger partial charge is 0.357 e. The average Bonchev–Trinajstić information content (AvgIpc) is 2.47. The van der Waals surface area contributed by atoms with Crippen molar-refractivity contribution in [2.24, 2.45) is 4.99 Å². The van der Waals surface area contributed by atoms with Gasteiger partial charge in [0.05, 0.1) is 17.0 Å². The molecule has 1 aromatic carbocycles. The molecular formula is C17H29FIN3O2S. The molecule has 1 aromatic rings. The molecule has 0 amide bonds. The quantitative estimate of drug-likeness (QED) is 0.369. The standard InChI is InChI=1S/C17H28FN3O2S.HI/c1-6-19-16(20-9-10-24(22,23)17(3,4)5)21-12-14-8-7-13(2)15(18)11-14;/h7-8,11H,6,9-10,12H2,1-5H3,(H2,19,20,21);1H. The maximum atomic E-state index is 13.6. The molecule has 0 aromatic heterocycles. The van der Waals surface area contributed by atoms with E-state index in [-0.39, 0.29) is 42.1 Å². The fourth-order valence-corrected chi connectivity index (χ4v) is 2.84. The van der Waals surface area contributed by atoms with Gasteiger partial charge in [-0.2, -0.15) is 0 Å². The summed E-state index contributed by atoms with van der Waals surface area (Å²) < 4.78 is 37.0. The van der Waals surface area contributed by atoms with Crippen LogP contribution in [0.5, 0.6) is 0 Å². The van der Waals surface area contributed by atoms with Gasteiger partial charge >= 0.3 is 0 Å². The smallest absolute Gasteiger partial charge is 0.191 e. The Kier molecular flexibility index (Phi) is 9.93. The van der Waals surface area contributed by atoms with Gasteiger partial charge in [0.1, 0.15) is 5.82 Å². The summed E-state index contributed by atoms with van der Waals surface area (Å²) in [5, 5.41) is 6.07. The Morgan fingerprint density at radius 3 is 2.40 bits per heavy atom. The molecule has 0 unspecified atom stereocenters. The van der Waals surface area contributed by atoms with Gasteiger partial charge in [0, 0.05) is 13.1 Å². The third-order valence-electron chi connectivity index (χ3n) is 3.60. The number of guanidine groups is 1. The highest BCUT2D eigenvalue weighted by molar-refractivity contribution is 14.0. The first-order valence-corrected chi connectivity index (χ1v) is 9.71. The van der Waals surface area contributed by atoms with Crippen LogP contribution in [0.15, 0.2) is 23.2 Å². The molecule has 0 spiro atoms. The molecule has 0 atom stereocenters. The van der Waals surface area contributed by atoms with E-state index >= 15 is 0 Å². The minimum Gasteiger partial charge on any atom is -0.357 e. The lowest BCUT2D eigenvalue weighted by Crippen LogP contribution is -2.41. The molecule has 25 heavy (non-hydrogen) atoms.